The number of hydrogen-bond acceptors (Lipinski definition) is 3. The van der Waals surface area contributed by atoms with Gasteiger partial charge in [-0.2, -0.15) is 0 Å². The first kappa shape index (κ1) is 2.32. The third kappa shape index (κ3) is 0.212. The molecule has 0 amide bonds. The predicted octanol–water partition coefficient (Wildman–Crippen LogP) is -0.288. The molecule has 0 radical (unpaired) electrons. The number of rotatable bonds is 1. The van der Waals surface area contributed by atoms with Crippen molar-refractivity contribution in [3.05, 3.63) is 0 Å². The van der Waals surface area contributed by atoms with Crippen LogP contribution in [0.1, 0.15) is 0 Å². The van der Waals surface area contributed by atoms with E-state index in [1.165, 1.54) is 0 Å². The van der Waals surface area contributed by atoms with Crippen LogP contribution in [0, 0.1) is 0 Å². The second-order valence-electron chi connectivity index (χ2n) is 0.540. The highest BCUT2D eigenvalue weighted by Gasteiger charge is 1.91. The molecule has 1 rings (SSSR count). The summed E-state index contributed by atoms with van der Waals surface area (Å²) in [5.74, 6) is 0. The molecule has 0 aliphatic carbocycles. The summed E-state index contributed by atoms with van der Waals surface area (Å²) in [5.41, 5.74) is 0. The van der Waals surface area contributed by atoms with E-state index >= 15 is 0 Å². The minimum Gasteiger partial charge on any atom is -0.271 e. The Labute approximate surface area is 26.8 Å². The van der Waals surface area contributed by atoms with Crippen molar-refractivity contribution in [1.82, 2.24) is 4.91 Å². The molecular formula is CHNO3. The van der Waals surface area contributed by atoms with Gasteiger partial charge >= 0.3 is 0 Å². The molecule has 0 saturated carbocycles. The molecule has 0 N–H and O–H groups in total. The number of nitrogens with zero attached hydrogens (tertiary/aromatic N) is 1. The van der Waals surface area contributed by atoms with Gasteiger partial charge in [0.2, 0.25) is 0 Å². The molecule has 28 valence electrons. The van der Waals surface area contributed by atoms with E-state index in [-0.39, 0.29) is 0 Å². The van der Waals surface area contributed by atoms with Gasteiger partial charge in [-0.15, -0.1) is 9.36 Å². The van der Waals surface area contributed by atoms with Gasteiger partial charge in [0.05, 0.1) is 4.91 Å². The Morgan fingerprint density at radius 3 is 2.20 bits per heavy atom. The fraction of sp³-hybridized carbons (Fsp3) is 0. The van der Waals surface area contributed by atoms with Gasteiger partial charge in [-0.1, -0.05) is 0 Å². The van der Waals surface area contributed by atoms with Crippen LogP contribution in [0.25, 0.3) is 0 Å². The van der Waals surface area contributed by atoms with Crippen molar-refractivity contribution in [3.63, 3.8) is 0 Å². The third-order valence-electron chi connectivity index (χ3n) is 0.247. The van der Waals surface area contributed by atoms with Crippen LogP contribution in [0.2, 0.25) is 0 Å². The highest BCUT2D eigenvalue weighted by Crippen LogP contribution is 1.81. The minimum atomic E-state index is 0.417. The van der Waals surface area contributed by atoms with Crippen LogP contribution in [0.4, 0.5) is 0 Å². The van der Waals surface area contributed by atoms with Crippen molar-refractivity contribution in [2.75, 3.05) is 0 Å². The van der Waals surface area contributed by atoms with Crippen molar-refractivity contribution in [2.45, 2.75) is 0 Å². The van der Waals surface area contributed by atoms with Crippen molar-refractivity contribution in [3.8, 4) is 0 Å². The summed E-state index contributed by atoms with van der Waals surface area (Å²) in [6.45, 7) is 0. The first-order chi connectivity index (χ1) is 2.43. The van der Waals surface area contributed by atoms with Crippen LogP contribution in [0.15, 0.2) is 9.36 Å². The SMILES string of the molecule is O=Cn1oo1. The number of aromatic nitrogens is 1. The maximum atomic E-state index is 9.24. The minimum absolute atomic E-state index is 0.417. The van der Waals surface area contributed by atoms with E-state index in [1.807, 2.05) is 0 Å². The zero-order valence-corrected chi connectivity index (χ0v) is 2.25. The molecule has 5 heavy (non-hydrogen) atoms. The molecule has 0 aromatic carbocycles. The van der Waals surface area contributed by atoms with Gasteiger partial charge in [-0.05, 0) is 0 Å². The van der Waals surface area contributed by atoms with E-state index in [1.54, 1.807) is 0 Å². The molecule has 1 aromatic rings. The first-order valence-corrected chi connectivity index (χ1v) is 1.03. The van der Waals surface area contributed by atoms with Gasteiger partial charge in [0.25, 0.3) is 6.41 Å². The Morgan fingerprint density at radius 1 is 1.60 bits per heavy atom. The molecular weight excluding hydrogens is 74.0 g/mol. The van der Waals surface area contributed by atoms with E-state index in [9.17, 15) is 4.79 Å². The van der Waals surface area contributed by atoms with Gasteiger partial charge < -0.3 is 0 Å². The molecule has 0 fully saturated rings. The van der Waals surface area contributed by atoms with E-state index in [0.29, 0.717) is 11.3 Å². The second kappa shape index (κ2) is 0.512. The lowest BCUT2D eigenvalue weighted by Crippen LogP contribution is -1.71. The van der Waals surface area contributed by atoms with Crippen molar-refractivity contribution >= 4 is 6.41 Å². The maximum absolute atomic E-state index is 9.24. The Kier molecular flexibility index (Phi) is 0.237. The lowest BCUT2D eigenvalue weighted by atomic mass is 11.5. The molecule has 0 atom stereocenters. The van der Waals surface area contributed by atoms with Crippen LogP contribution < -0.4 is 0 Å². The molecule has 1 heterocycles. The lowest BCUT2D eigenvalue weighted by molar-refractivity contribution is 0.264. The zero-order chi connectivity index (χ0) is 3.70. The predicted molar refractivity (Wildman–Crippen MR) is 11.1 cm³/mol. The average Bonchev–Trinajstić information content (AvgIpc) is 2.12. The molecule has 0 saturated heterocycles. The molecule has 0 aliphatic heterocycles. The summed E-state index contributed by atoms with van der Waals surface area (Å²) in [6, 6.07) is 0. The van der Waals surface area contributed by atoms with Crippen molar-refractivity contribution in [1.29, 1.82) is 0 Å². The van der Waals surface area contributed by atoms with E-state index in [0.717, 1.165) is 0 Å². The van der Waals surface area contributed by atoms with Crippen LogP contribution in [-0.4, -0.2) is 11.3 Å². The zero-order valence-electron chi connectivity index (χ0n) is 2.25. The second-order valence-corrected chi connectivity index (χ2v) is 0.540. The smallest absolute Gasteiger partial charge is 0.271 e. The van der Waals surface area contributed by atoms with Crippen molar-refractivity contribution < 1.29 is 14.2 Å². The van der Waals surface area contributed by atoms with Crippen LogP contribution in [-0.2, 0) is 4.79 Å². The quantitative estimate of drug-likeness (QED) is 0.340. The Hall–Kier alpha value is -0.930. The van der Waals surface area contributed by atoms with Gasteiger partial charge in [0.15, 0.2) is 0 Å². The Balaban J connectivity index is 2.64. The van der Waals surface area contributed by atoms with Gasteiger partial charge in [-0.3, -0.25) is 4.79 Å². The van der Waals surface area contributed by atoms with Gasteiger partial charge in [0, 0.05) is 0 Å². The fourth-order valence-electron chi connectivity index (χ4n) is 0.0544. The number of hydrogen-bond donors (Lipinski definition) is 0. The molecule has 0 unspecified atom stereocenters. The molecule has 0 aliphatic rings. The first-order valence-electron chi connectivity index (χ1n) is 1.03. The monoisotopic (exact) mass is 75.0 g/mol. The normalized spacial score (nSPS) is 8.80. The maximum Gasteiger partial charge on any atom is 0.293 e. The van der Waals surface area contributed by atoms with Gasteiger partial charge in [0.1, 0.15) is 0 Å². The van der Waals surface area contributed by atoms with Crippen molar-refractivity contribution in [2.24, 2.45) is 0 Å². The highest BCUT2D eigenvalue weighted by molar-refractivity contribution is 5.46. The fourth-order valence-corrected chi connectivity index (χ4v) is 0.0544. The summed E-state index contributed by atoms with van der Waals surface area (Å²) in [5, 5.41) is 0. The highest BCUT2D eigenvalue weighted by atomic mass is 17.3. The van der Waals surface area contributed by atoms with E-state index < -0.39 is 0 Å². The van der Waals surface area contributed by atoms with Crippen LogP contribution >= 0.6 is 0 Å². The number of carbonyl (C=O) groups is 1. The largest absolute Gasteiger partial charge is 0.293 e. The summed E-state index contributed by atoms with van der Waals surface area (Å²) >= 11 is 0. The standard InChI is InChI=1S/CHNO3/c3-1-2-4-5-2/h1H. The average molecular weight is 75.0 g/mol. The van der Waals surface area contributed by atoms with E-state index in [4.69, 9.17) is 0 Å². The van der Waals surface area contributed by atoms with Gasteiger partial charge in [-0.25, -0.2) is 0 Å². The summed E-state index contributed by atoms with van der Waals surface area (Å²) in [7, 11) is 0. The molecule has 0 bridgehead atoms. The summed E-state index contributed by atoms with van der Waals surface area (Å²) in [4.78, 5) is 9.94. The van der Waals surface area contributed by atoms with E-state index in [2.05, 4.69) is 9.36 Å². The lowest BCUT2D eigenvalue weighted by Gasteiger charge is -1.38. The topological polar surface area (TPSA) is 48.3 Å². The Morgan fingerprint density at radius 2 is 2.20 bits per heavy atom. The Bertz CT molecular complexity index is 93.8. The third-order valence-corrected chi connectivity index (χ3v) is 0.247. The molecule has 0 spiro atoms. The summed E-state index contributed by atoms with van der Waals surface area (Å²) < 4.78 is 7.65. The molecule has 4 heteroatoms. The molecule has 4 nitrogen and oxygen atoms in total. The van der Waals surface area contributed by atoms with Crippen LogP contribution in [0.5, 0.6) is 0 Å². The number of carbonyl (C=O) groups excluding carboxylic acids is 1. The summed E-state index contributed by atoms with van der Waals surface area (Å²) in [6.07, 6.45) is 0.417. The van der Waals surface area contributed by atoms with Crippen LogP contribution in [0.3, 0.4) is 0 Å². The molecule has 1 aromatic heterocycles.